The second kappa shape index (κ2) is 8.78. The van der Waals surface area contributed by atoms with Crippen molar-refractivity contribution >= 4 is 11.6 Å². The van der Waals surface area contributed by atoms with Crippen molar-refractivity contribution in [3.63, 3.8) is 0 Å². The highest BCUT2D eigenvalue weighted by molar-refractivity contribution is 6.00. The SMILES string of the molecule is CCn1c(=O)c(C(=O)C[NH+]2C[C@H](C)C[C@@H](C)C2)c(N)n(Cc2ccccc2)c1=O. The molecular formula is C22H31N4O3+. The van der Waals surface area contributed by atoms with E-state index in [1.807, 2.05) is 30.3 Å². The molecule has 0 radical (unpaired) electrons. The van der Waals surface area contributed by atoms with Crippen LogP contribution in [-0.2, 0) is 13.1 Å². The molecule has 3 rings (SSSR count). The molecule has 2 aromatic rings. The molecule has 0 saturated carbocycles. The minimum atomic E-state index is -0.582. The Labute approximate surface area is 170 Å². The number of aromatic nitrogens is 2. The van der Waals surface area contributed by atoms with Gasteiger partial charge in [-0.2, -0.15) is 0 Å². The normalized spacial score (nSPS) is 21.8. The number of carbonyl (C=O) groups excluding carboxylic acids is 1. The van der Waals surface area contributed by atoms with Crippen LogP contribution in [0.25, 0.3) is 0 Å². The van der Waals surface area contributed by atoms with Gasteiger partial charge in [0.1, 0.15) is 17.9 Å². The van der Waals surface area contributed by atoms with Gasteiger partial charge in [0, 0.05) is 18.4 Å². The smallest absolute Gasteiger partial charge is 0.332 e. The van der Waals surface area contributed by atoms with Crippen molar-refractivity contribution in [2.24, 2.45) is 11.8 Å². The highest BCUT2D eigenvalue weighted by atomic mass is 16.2. The molecule has 7 heteroatoms. The van der Waals surface area contributed by atoms with Gasteiger partial charge in [-0.25, -0.2) is 4.79 Å². The number of anilines is 1. The number of hydrogen-bond acceptors (Lipinski definition) is 4. The average molecular weight is 400 g/mol. The van der Waals surface area contributed by atoms with Gasteiger partial charge in [-0.3, -0.25) is 18.7 Å². The van der Waals surface area contributed by atoms with Crippen LogP contribution in [0.3, 0.4) is 0 Å². The van der Waals surface area contributed by atoms with Gasteiger partial charge in [0.2, 0.25) is 5.78 Å². The van der Waals surface area contributed by atoms with Gasteiger partial charge in [-0.1, -0.05) is 44.2 Å². The van der Waals surface area contributed by atoms with E-state index in [0.29, 0.717) is 11.8 Å². The van der Waals surface area contributed by atoms with Crippen LogP contribution in [0.2, 0.25) is 0 Å². The molecule has 3 N–H and O–H groups in total. The summed E-state index contributed by atoms with van der Waals surface area (Å²) in [5.41, 5.74) is 6.00. The Morgan fingerprint density at radius 2 is 1.72 bits per heavy atom. The van der Waals surface area contributed by atoms with E-state index in [9.17, 15) is 14.4 Å². The summed E-state index contributed by atoms with van der Waals surface area (Å²) in [6, 6.07) is 9.41. The number of hydrogen-bond donors (Lipinski definition) is 2. The first-order chi connectivity index (χ1) is 13.8. The number of ketones is 1. The van der Waals surface area contributed by atoms with E-state index in [0.717, 1.165) is 29.6 Å². The fourth-order valence-corrected chi connectivity index (χ4v) is 4.56. The maximum atomic E-state index is 13.1. The molecular weight excluding hydrogens is 368 g/mol. The predicted octanol–water partition coefficient (Wildman–Crippen LogP) is 0.404. The lowest BCUT2D eigenvalue weighted by Crippen LogP contribution is -3.15. The molecule has 1 aromatic heterocycles. The quantitative estimate of drug-likeness (QED) is 0.688. The third-order valence-corrected chi connectivity index (χ3v) is 5.74. The van der Waals surface area contributed by atoms with Crippen LogP contribution in [-0.4, -0.2) is 34.6 Å². The number of rotatable bonds is 6. The molecule has 29 heavy (non-hydrogen) atoms. The topological polar surface area (TPSA) is 91.5 Å². The number of nitrogens with two attached hydrogens (primary N) is 1. The zero-order chi connectivity index (χ0) is 21.1. The number of nitrogens with one attached hydrogen (secondary N) is 1. The summed E-state index contributed by atoms with van der Waals surface area (Å²) in [6.07, 6.45) is 1.16. The Kier molecular flexibility index (Phi) is 6.37. The summed E-state index contributed by atoms with van der Waals surface area (Å²) in [5.74, 6) is 0.764. The van der Waals surface area contributed by atoms with Crippen LogP contribution in [0, 0.1) is 11.8 Å². The summed E-state index contributed by atoms with van der Waals surface area (Å²) in [5, 5.41) is 0. The molecule has 156 valence electrons. The molecule has 0 bridgehead atoms. The van der Waals surface area contributed by atoms with E-state index in [1.165, 1.54) is 9.47 Å². The summed E-state index contributed by atoms with van der Waals surface area (Å²) in [4.78, 5) is 40.0. The van der Waals surface area contributed by atoms with E-state index in [-0.39, 0.29) is 36.8 Å². The first kappa shape index (κ1) is 21.0. The highest BCUT2D eigenvalue weighted by Crippen LogP contribution is 2.13. The Morgan fingerprint density at radius 3 is 2.31 bits per heavy atom. The molecule has 0 unspecified atom stereocenters. The molecule has 0 amide bonds. The lowest BCUT2D eigenvalue weighted by Gasteiger charge is -2.31. The number of carbonyl (C=O) groups is 1. The first-order valence-electron chi connectivity index (χ1n) is 10.4. The van der Waals surface area contributed by atoms with Crippen molar-refractivity contribution in [2.75, 3.05) is 25.4 Å². The molecule has 7 nitrogen and oxygen atoms in total. The highest BCUT2D eigenvalue weighted by Gasteiger charge is 2.30. The Balaban J connectivity index is 1.99. The molecule has 0 spiro atoms. The van der Waals surface area contributed by atoms with E-state index >= 15 is 0 Å². The van der Waals surface area contributed by atoms with Gasteiger partial charge in [-0.05, 0) is 18.9 Å². The standard InChI is InChI=1S/C22H30N4O3/c1-4-25-21(28)19(18(27)14-24-11-15(2)10-16(3)12-24)20(23)26(22(25)29)13-17-8-6-5-7-9-17/h5-9,15-16H,4,10-14,23H2,1-3H3/p+1/t15-,16-/m1/s1. The molecule has 1 aliphatic heterocycles. The van der Waals surface area contributed by atoms with Crippen LogP contribution in [0.1, 0.15) is 43.1 Å². The number of nitrogen functional groups attached to an aromatic ring is 1. The van der Waals surface area contributed by atoms with Gasteiger partial charge in [-0.15, -0.1) is 0 Å². The Bertz CT molecular complexity index is 984. The van der Waals surface area contributed by atoms with Gasteiger partial charge in [0.15, 0.2) is 0 Å². The maximum absolute atomic E-state index is 13.1. The van der Waals surface area contributed by atoms with Gasteiger partial charge < -0.3 is 10.6 Å². The van der Waals surface area contributed by atoms with Gasteiger partial charge in [0.25, 0.3) is 5.56 Å². The largest absolute Gasteiger partial charge is 0.384 e. The maximum Gasteiger partial charge on any atom is 0.332 e. The summed E-state index contributed by atoms with van der Waals surface area (Å²) < 4.78 is 2.44. The zero-order valence-electron chi connectivity index (χ0n) is 17.5. The number of benzene rings is 1. The summed E-state index contributed by atoms with van der Waals surface area (Å²) in [7, 11) is 0. The number of nitrogens with zero attached hydrogens (tertiary/aromatic N) is 2. The molecule has 1 aliphatic rings. The number of piperidine rings is 1. The van der Waals surface area contributed by atoms with Crippen molar-refractivity contribution in [1.29, 1.82) is 0 Å². The monoisotopic (exact) mass is 399 g/mol. The molecule has 1 fully saturated rings. The number of likely N-dealkylation sites (tertiary alicyclic amines) is 1. The molecule has 2 atom stereocenters. The second-order valence-corrected chi connectivity index (χ2v) is 8.37. The van der Waals surface area contributed by atoms with Crippen LogP contribution in [0.4, 0.5) is 5.82 Å². The third-order valence-electron chi connectivity index (χ3n) is 5.74. The molecule has 2 heterocycles. The van der Waals surface area contributed by atoms with Crippen LogP contribution in [0.15, 0.2) is 39.9 Å². The van der Waals surface area contributed by atoms with Crippen LogP contribution < -0.4 is 21.9 Å². The van der Waals surface area contributed by atoms with E-state index in [4.69, 9.17) is 5.73 Å². The van der Waals surface area contributed by atoms with Gasteiger partial charge in [0.05, 0.1) is 19.6 Å². The zero-order valence-corrected chi connectivity index (χ0v) is 17.5. The van der Waals surface area contributed by atoms with Gasteiger partial charge >= 0.3 is 5.69 Å². The predicted molar refractivity (Wildman–Crippen MR) is 113 cm³/mol. The minimum absolute atomic E-state index is 0.0314. The second-order valence-electron chi connectivity index (χ2n) is 8.37. The minimum Gasteiger partial charge on any atom is -0.384 e. The number of quaternary nitrogens is 1. The first-order valence-corrected chi connectivity index (χ1v) is 10.4. The Hall–Kier alpha value is -2.67. The van der Waals surface area contributed by atoms with Crippen molar-refractivity contribution < 1.29 is 9.69 Å². The molecule has 1 saturated heterocycles. The molecule has 0 aliphatic carbocycles. The van der Waals surface area contributed by atoms with Crippen molar-refractivity contribution in [3.05, 3.63) is 62.3 Å². The average Bonchev–Trinajstić information content (AvgIpc) is 2.65. The molecule has 1 aromatic carbocycles. The van der Waals surface area contributed by atoms with E-state index in [1.54, 1.807) is 6.92 Å². The van der Waals surface area contributed by atoms with Crippen molar-refractivity contribution in [2.45, 2.75) is 40.3 Å². The Morgan fingerprint density at radius 1 is 1.10 bits per heavy atom. The fourth-order valence-electron chi connectivity index (χ4n) is 4.56. The summed E-state index contributed by atoms with van der Waals surface area (Å²) >= 11 is 0. The van der Waals surface area contributed by atoms with Crippen molar-refractivity contribution in [1.82, 2.24) is 9.13 Å². The summed E-state index contributed by atoms with van der Waals surface area (Å²) in [6.45, 7) is 8.55. The fraction of sp³-hybridized carbons (Fsp3) is 0.500. The lowest BCUT2D eigenvalue weighted by molar-refractivity contribution is -0.903. The number of Topliss-reactive ketones (excluding diaryl/α,β-unsaturated/α-hetero) is 1. The van der Waals surface area contributed by atoms with E-state index < -0.39 is 11.2 Å². The lowest BCUT2D eigenvalue weighted by atomic mass is 9.91. The van der Waals surface area contributed by atoms with Crippen LogP contribution >= 0.6 is 0 Å². The van der Waals surface area contributed by atoms with Crippen molar-refractivity contribution in [3.8, 4) is 0 Å². The van der Waals surface area contributed by atoms with E-state index in [2.05, 4.69) is 13.8 Å². The van der Waals surface area contributed by atoms with Crippen LogP contribution in [0.5, 0.6) is 0 Å². The third kappa shape index (κ3) is 4.50.